The molecule has 0 radical (unpaired) electrons. The third-order valence-electron chi connectivity index (χ3n) is 4.79. The zero-order chi connectivity index (χ0) is 17.7. The van der Waals surface area contributed by atoms with Crippen molar-refractivity contribution >= 4 is 28.8 Å². The molecule has 0 saturated heterocycles. The Hall–Kier alpha value is -2.19. The molecule has 0 bridgehead atoms. The van der Waals surface area contributed by atoms with Gasteiger partial charge in [0.2, 0.25) is 0 Å². The Labute approximate surface area is 154 Å². The molecular weight excluding hydrogens is 322 g/mol. The van der Waals surface area contributed by atoms with E-state index in [1.165, 1.54) is 54.7 Å². The minimum atomic E-state index is 1.28. The van der Waals surface area contributed by atoms with Crippen LogP contribution in [0, 0.1) is 34.6 Å². The van der Waals surface area contributed by atoms with Gasteiger partial charge in [0, 0.05) is 9.79 Å². The highest BCUT2D eigenvalue weighted by Gasteiger charge is 2.27. The molecule has 0 atom stereocenters. The summed E-state index contributed by atoms with van der Waals surface area (Å²) >= 11 is 1.88. The number of nitrogens with zero attached hydrogens (tertiary/aromatic N) is 1. The SMILES string of the molecule is Cc1cc(C)c(N2c3ccc(C)cc3Sc3cc(C)ccc32)c(C)c1. The zero-order valence-corrected chi connectivity index (χ0v) is 16.3. The van der Waals surface area contributed by atoms with Crippen molar-refractivity contribution in [3.63, 3.8) is 0 Å². The summed E-state index contributed by atoms with van der Waals surface area (Å²) in [5, 5.41) is 0. The summed E-state index contributed by atoms with van der Waals surface area (Å²) in [7, 11) is 0. The van der Waals surface area contributed by atoms with E-state index in [9.17, 15) is 0 Å². The Kier molecular flexibility index (Phi) is 3.88. The van der Waals surface area contributed by atoms with Crippen molar-refractivity contribution in [1.29, 1.82) is 0 Å². The molecule has 0 saturated carbocycles. The number of rotatable bonds is 1. The van der Waals surface area contributed by atoms with Crippen LogP contribution in [0.25, 0.3) is 0 Å². The van der Waals surface area contributed by atoms with Crippen LogP contribution >= 0.6 is 11.8 Å². The maximum atomic E-state index is 2.45. The summed E-state index contributed by atoms with van der Waals surface area (Å²) < 4.78 is 0. The lowest BCUT2D eigenvalue weighted by molar-refractivity contribution is 1.12. The van der Waals surface area contributed by atoms with E-state index in [1.807, 2.05) is 11.8 Å². The first-order chi connectivity index (χ1) is 11.9. The van der Waals surface area contributed by atoms with Gasteiger partial charge in [-0.25, -0.2) is 0 Å². The van der Waals surface area contributed by atoms with Crippen LogP contribution < -0.4 is 4.90 Å². The van der Waals surface area contributed by atoms with Crippen molar-refractivity contribution in [2.45, 2.75) is 44.4 Å². The molecule has 25 heavy (non-hydrogen) atoms. The van der Waals surface area contributed by atoms with Gasteiger partial charge in [-0.15, -0.1) is 0 Å². The monoisotopic (exact) mass is 345 g/mol. The maximum Gasteiger partial charge on any atom is 0.0602 e. The highest BCUT2D eigenvalue weighted by atomic mass is 32.2. The number of anilines is 3. The molecule has 4 rings (SSSR count). The lowest BCUT2D eigenvalue weighted by Gasteiger charge is -2.35. The molecule has 126 valence electrons. The van der Waals surface area contributed by atoms with Gasteiger partial charge >= 0.3 is 0 Å². The molecule has 1 nitrogen and oxygen atoms in total. The Morgan fingerprint density at radius 3 is 1.56 bits per heavy atom. The normalized spacial score (nSPS) is 12.8. The Bertz CT molecular complexity index is 913. The number of aryl methyl sites for hydroxylation is 5. The second-order valence-corrected chi connectivity index (χ2v) is 8.21. The highest BCUT2D eigenvalue weighted by Crippen LogP contribution is 2.53. The molecule has 0 aromatic heterocycles. The van der Waals surface area contributed by atoms with E-state index in [4.69, 9.17) is 0 Å². The molecule has 0 unspecified atom stereocenters. The minimum absolute atomic E-state index is 1.28. The molecule has 0 spiro atoms. The summed E-state index contributed by atoms with van der Waals surface area (Å²) in [4.78, 5) is 5.11. The second-order valence-electron chi connectivity index (χ2n) is 7.13. The number of hydrogen-bond acceptors (Lipinski definition) is 2. The lowest BCUT2D eigenvalue weighted by Crippen LogP contribution is -2.17. The van der Waals surface area contributed by atoms with Crippen molar-refractivity contribution in [3.05, 3.63) is 76.3 Å². The van der Waals surface area contributed by atoms with Crippen LogP contribution in [0.2, 0.25) is 0 Å². The van der Waals surface area contributed by atoms with Crippen molar-refractivity contribution in [3.8, 4) is 0 Å². The van der Waals surface area contributed by atoms with E-state index in [0.29, 0.717) is 0 Å². The third-order valence-corrected chi connectivity index (χ3v) is 5.89. The van der Waals surface area contributed by atoms with Gasteiger partial charge in [-0.05, 0) is 81.1 Å². The van der Waals surface area contributed by atoms with Gasteiger partial charge in [-0.2, -0.15) is 0 Å². The van der Waals surface area contributed by atoms with E-state index >= 15 is 0 Å². The largest absolute Gasteiger partial charge is 0.308 e. The van der Waals surface area contributed by atoms with Gasteiger partial charge in [-0.1, -0.05) is 41.6 Å². The zero-order valence-electron chi connectivity index (χ0n) is 15.5. The quantitative estimate of drug-likeness (QED) is 0.360. The van der Waals surface area contributed by atoms with Crippen LogP contribution in [0.5, 0.6) is 0 Å². The summed E-state index contributed by atoms with van der Waals surface area (Å²) in [5.41, 5.74) is 10.4. The third kappa shape index (κ3) is 2.75. The average Bonchev–Trinajstić information content (AvgIpc) is 2.52. The van der Waals surface area contributed by atoms with Gasteiger partial charge in [-0.3, -0.25) is 0 Å². The van der Waals surface area contributed by atoms with Crippen molar-refractivity contribution in [1.82, 2.24) is 0 Å². The fourth-order valence-corrected chi connectivity index (χ4v) is 5.04. The molecule has 0 amide bonds. The van der Waals surface area contributed by atoms with Gasteiger partial charge in [0.1, 0.15) is 0 Å². The minimum Gasteiger partial charge on any atom is -0.308 e. The summed E-state index contributed by atoms with van der Waals surface area (Å²) in [6.07, 6.45) is 0. The van der Waals surface area contributed by atoms with Crippen LogP contribution in [0.4, 0.5) is 17.1 Å². The first kappa shape index (κ1) is 16.3. The van der Waals surface area contributed by atoms with E-state index in [-0.39, 0.29) is 0 Å². The molecule has 0 fully saturated rings. The second kappa shape index (κ2) is 5.96. The Morgan fingerprint density at radius 1 is 0.600 bits per heavy atom. The average molecular weight is 346 g/mol. The lowest BCUT2D eigenvalue weighted by atomic mass is 10.0. The molecule has 1 aliphatic heterocycles. The van der Waals surface area contributed by atoms with E-state index < -0.39 is 0 Å². The number of hydrogen-bond donors (Lipinski definition) is 0. The van der Waals surface area contributed by atoms with Gasteiger partial charge < -0.3 is 4.90 Å². The number of fused-ring (bicyclic) bond motifs is 2. The fourth-order valence-electron chi connectivity index (χ4n) is 3.79. The van der Waals surface area contributed by atoms with Gasteiger partial charge in [0.15, 0.2) is 0 Å². The van der Waals surface area contributed by atoms with E-state index in [1.54, 1.807) is 0 Å². The molecule has 1 aliphatic rings. The Morgan fingerprint density at radius 2 is 1.08 bits per heavy atom. The van der Waals surface area contributed by atoms with Crippen molar-refractivity contribution in [2.75, 3.05) is 4.90 Å². The van der Waals surface area contributed by atoms with E-state index in [2.05, 4.69) is 88.0 Å². The molecule has 3 aromatic carbocycles. The van der Waals surface area contributed by atoms with Crippen molar-refractivity contribution < 1.29 is 0 Å². The van der Waals surface area contributed by atoms with Crippen LogP contribution in [-0.4, -0.2) is 0 Å². The molecule has 2 heteroatoms. The molecule has 3 aromatic rings. The smallest absolute Gasteiger partial charge is 0.0602 e. The summed E-state index contributed by atoms with van der Waals surface area (Å²) in [5.74, 6) is 0. The van der Waals surface area contributed by atoms with Crippen LogP contribution in [0.3, 0.4) is 0 Å². The Balaban J connectivity index is 2.03. The fraction of sp³-hybridized carbons (Fsp3) is 0.217. The van der Waals surface area contributed by atoms with Crippen LogP contribution in [0.15, 0.2) is 58.3 Å². The predicted molar refractivity (Wildman–Crippen MR) is 109 cm³/mol. The standard InChI is InChI=1S/C23H23NS/c1-14-6-8-19-21(12-14)25-22-13-15(2)7-9-20(22)24(19)23-17(4)10-16(3)11-18(23)5/h6-13H,1-5H3. The molecule has 0 aliphatic carbocycles. The molecule has 1 heterocycles. The van der Waals surface area contributed by atoms with Crippen LogP contribution in [0.1, 0.15) is 27.8 Å². The number of benzene rings is 3. The van der Waals surface area contributed by atoms with Crippen LogP contribution in [-0.2, 0) is 0 Å². The maximum absolute atomic E-state index is 2.45. The molecule has 0 N–H and O–H groups in total. The van der Waals surface area contributed by atoms with E-state index in [0.717, 1.165) is 0 Å². The summed E-state index contributed by atoms with van der Waals surface area (Å²) in [6, 6.07) is 18.1. The topological polar surface area (TPSA) is 3.24 Å². The first-order valence-corrected chi connectivity index (χ1v) is 9.53. The van der Waals surface area contributed by atoms with Crippen molar-refractivity contribution in [2.24, 2.45) is 0 Å². The van der Waals surface area contributed by atoms with Gasteiger partial charge in [0.25, 0.3) is 0 Å². The first-order valence-electron chi connectivity index (χ1n) is 8.71. The predicted octanol–water partition coefficient (Wildman–Crippen LogP) is 7.16. The van der Waals surface area contributed by atoms with Gasteiger partial charge in [0.05, 0.1) is 17.1 Å². The highest BCUT2D eigenvalue weighted by molar-refractivity contribution is 7.99. The molecular formula is C23H23NS. The summed E-state index contributed by atoms with van der Waals surface area (Å²) in [6.45, 7) is 10.9.